The highest BCUT2D eigenvalue weighted by molar-refractivity contribution is 5.94. The fraction of sp³-hybridized carbons (Fsp3) is 0.300. The zero-order valence-electron chi connectivity index (χ0n) is 14.7. The summed E-state index contributed by atoms with van der Waals surface area (Å²) in [5, 5.41) is 0. The highest BCUT2D eigenvalue weighted by Crippen LogP contribution is 2.19. The summed E-state index contributed by atoms with van der Waals surface area (Å²) in [5.74, 6) is 1.17. The summed E-state index contributed by atoms with van der Waals surface area (Å²) in [6, 6.07) is 18.2. The summed E-state index contributed by atoms with van der Waals surface area (Å²) < 4.78 is 4.22. The third-order valence-corrected chi connectivity index (χ3v) is 4.52. The van der Waals surface area contributed by atoms with Gasteiger partial charge in [0.1, 0.15) is 0 Å². The van der Waals surface area contributed by atoms with E-state index in [-0.39, 0.29) is 11.9 Å². The zero-order chi connectivity index (χ0) is 17.3. The van der Waals surface area contributed by atoms with E-state index >= 15 is 0 Å². The Hall–Kier alpha value is -2.62. The van der Waals surface area contributed by atoms with Crippen LogP contribution in [0.15, 0.2) is 54.6 Å². The highest BCUT2D eigenvalue weighted by Gasteiger charge is 2.25. The van der Waals surface area contributed by atoms with Gasteiger partial charge in [0.05, 0.1) is 7.05 Å². The minimum Gasteiger partial charge on any atom is -0.307 e. The molecule has 1 aromatic heterocycles. The number of hydrogen-bond acceptors (Lipinski definition) is 1. The van der Waals surface area contributed by atoms with Crippen LogP contribution in [0.2, 0.25) is 0 Å². The van der Waals surface area contributed by atoms with Gasteiger partial charge in [-0.3, -0.25) is 4.79 Å². The van der Waals surface area contributed by atoms with Crippen LogP contribution in [0.5, 0.6) is 0 Å². The predicted molar refractivity (Wildman–Crippen MR) is 96.9 cm³/mol. The quantitative estimate of drug-likeness (QED) is 0.678. The van der Waals surface area contributed by atoms with Gasteiger partial charge in [-0.05, 0) is 38.1 Å². The van der Waals surface area contributed by atoms with Crippen LogP contribution in [0.1, 0.15) is 19.7 Å². The van der Waals surface area contributed by atoms with Crippen LogP contribution in [0.4, 0.5) is 5.69 Å². The molecule has 0 saturated heterocycles. The molecular weight excluding hydrogens is 298 g/mol. The van der Waals surface area contributed by atoms with E-state index in [1.54, 1.807) is 0 Å². The molecule has 24 heavy (non-hydrogen) atoms. The van der Waals surface area contributed by atoms with Gasteiger partial charge in [-0.2, -0.15) is 0 Å². The Labute approximate surface area is 142 Å². The Morgan fingerprint density at radius 3 is 2.38 bits per heavy atom. The van der Waals surface area contributed by atoms with Gasteiger partial charge in [0.2, 0.25) is 0 Å². The molecule has 1 amide bonds. The maximum Gasteiger partial charge on any atom is 0.269 e. The van der Waals surface area contributed by atoms with Crippen LogP contribution in [-0.2, 0) is 18.4 Å². The van der Waals surface area contributed by atoms with Crippen molar-refractivity contribution in [3.63, 3.8) is 0 Å². The fourth-order valence-corrected chi connectivity index (χ4v) is 3.24. The Balaban J connectivity index is 1.98. The molecule has 0 aliphatic heterocycles. The van der Waals surface area contributed by atoms with Crippen LogP contribution < -0.4 is 9.47 Å². The number of para-hydroxylation sites is 3. The Bertz CT molecular complexity index is 865. The maximum absolute atomic E-state index is 13.1. The lowest BCUT2D eigenvalue weighted by atomic mass is 10.2. The number of hydrogen-bond donors (Lipinski definition) is 0. The Kier molecular flexibility index (Phi) is 4.38. The molecule has 1 heterocycles. The summed E-state index contributed by atoms with van der Waals surface area (Å²) in [5.41, 5.74) is 3.16. The fourth-order valence-electron chi connectivity index (χ4n) is 3.24. The van der Waals surface area contributed by atoms with E-state index in [4.69, 9.17) is 0 Å². The van der Waals surface area contributed by atoms with Crippen molar-refractivity contribution in [2.45, 2.75) is 33.4 Å². The molecule has 0 N–H and O–H groups in total. The molecule has 0 atom stereocenters. The second-order valence-electron chi connectivity index (χ2n) is 6.37. The van der Waals surface area contributed by atoms with E-state index in [1.165, 1.54) is 0 Å². The number of carbonyl (C=O) groups is 1. The monoisotopic (exact) mass is 322 g/mol. The molecule has 0 aliphatic carbocycles. The molecule has 0 fully saturated rings. The van der Waals surface area contributed by atoms with Gasteiger partial charge in [0.15, 0.2) is 17.6 Å². The molecule has 0 aliphatic rings. The van der Waals surface area contributed by atoms with Crippen LogP contribution in [0.25, 0.3) is 11.0 Å². The third kappa shape index (κ3) is 2.80. The molecule has 2 aromatic carbocycles. The van der Waals surface area contributed by atoms with Gasteiger partial charge in [0, 0.05) is 18.7 Å². The molecule has 3 rings (SSSR count). The molecule has 0 unspecified atom stereocenters. The van der Waals surface area contributed by atoms with Gasteiger partial charge in [-0.25, -0.2) is 9.13 Å². The number of amides is 1. The highest BCUT2D eigenvalue weighted by atomic mass is 16.2. The number of fused-ring (bicyclic) bond motifs is 1. The number of imidazole rings is 1. The van der Waals surface area contributed by atoms with Crippen molar-refractivity contribution in [3.8, 4) is 0 Å². The topological polar surface area (TPSA) is 29.1 Å². The van der Waals surface area contributed by atoms with E-state index < -0.39 is 0 Å². The normalized spacial score (nSPS) is 11.2. The van der Waals surface area contributed by atoms with E-state index in [0.29, 0.717) is 6.54 Å². The van der Waals surface area contributed by atoms with Crippen molar-refractivity contribution in [2.75, 3.05) is 4.90 Å². The summed E-state index contributed by atoms with van der Waals surface area (Å²) >= 11 is 0. The molecule has 0 bridgehead atoms. The van der Waals surface area contributed by atoms with Crippen molar-refractivity contribution < 1.29 is 9.36 Å². The first-order valence-electron chi connectivity index (χ1n) is 8.31. The SMILES string of the molecule is Cc1n(CC(=O)N(c2ccccc2)C(C)C)c2ccccc2[n+]1C. The first-order valence-corrected chi connectivity index (χ1v) is 8.31. The predicted octanol–water partition coefficient (Wildman–Crippen LogP) is 3.22. The number of aryl methyl sites for hydroxylation is 1. The lowest BCUT2D eigenvalue weighted by Gasteiger charge is -2.26. The lowest BCUT2D eigenvalue weighted by molar-refractivity contribution is -0.652. The van der Waals surface area contributed by atoms with Crippen molar-refractivity contribution in [2.24, 2.45) is 7.05 Å². The van der Waals surface area contributed by atoms with E-state index in [0.717, 1.165) is 22.5 Å². The van der Waals surface area contributed by atoms with Gasteiger partial charge >= 0.3 is 0 Å². The number of rotatable bonds is 4. The number of aromatic nitrogens is 2. The lowest BCUT2D eigenvalue weighted by Crippen LogP contribution is -2.40. The van der Waals surface area contributed by atoms with Gasteiger partial charge in [-0.15, -0.1) is 0 Å². The summed E-state index contributed by atoms with van der Waals surface area (Å²) in [7, 11) is 2.04. The minimum absolute atomic E-state index is 0.0978. The first-order chi connectivity index (χ1) is 11.5. The van der Waals surface area contributed by atoms with Crippen molar-refractivity contribution >= 4 is 22.6 Å². The number of carbonyl (C=O) groups excluding carboxylic acids is 1. The summed E-state index contributed by atoms with van der Waals surface area (Å²) in [6.45, 7) is 6.48. The van der Waals surface area contributed by atoms with Crippen LogP contribution >= 0.6 is 0 Å². The third-order valence-electron chi connectivity index (χ3n) is 4.52. The second kappa shape index (κ2) is 6.48. The van der Waals surface area contributed by atoms with Gasteiger partial charge in [-0.1, -0.05) is 30.3 Å². The molecule has 0 saturated carbocycles. The number of nitrogens with zero attached hydrogens (tertiary/aromatic N) is 3. The molecule has 4 heteroatoms. The average Bonchev–Trinajstić information content (AvgIpc) is 2.81. The van der Waals surface area contributed by atoms with Crippen molar-refractivity contribution in [1.29, 1.82) is 0 Å². The largest absolute Gasteiger partial charge is 0.307 e. The van der Waals surface area contributed by atoms with Crippen molar-refractivity contribution in [3.05, 3.63) is 60.4 Å². The first kappa shape index (κ1) is 16.2. The second-order valence-corrected chi connectivity index (χ2v) is 6.37. The van der Waals surface area contributed by atoms with Gasteiger partial charge < -0.3 is 4.90 Å². The summed E-state index contributed by atoms with van der Waals surface area (Å²) in [4.78, 5) is 14.9. The molecule has 0 spiro atoms. The smallest absolute Gasteiger partial charge is 0.269 e. The molecule has 0 radical (unpaired) electrons. The van der Waals surface area contributed by atoms with E-state index in [9.17, 15) is 4.79 Å². The number of anilines is 1. The zero-order valence-corrected chi connectivity index (χ0v) is 14.7. The number of benzene rings is 2. The standard InChI is InChI=1S/C20H24N3O/c1-15(2)23(17-10-6-5-7-11-17)20(24)14-22-16(3)21(4)18-12-8-9-13-19(18)22/h5-13,15H,14H2,1-4H3/q+1. The molecule has 124 valence electrons. The maximum atomic E-state index is 13.1. The Morgan fingerprint density at radius 2 is 1.71 bits per heavy atom. The van der Waals surface area contributed by atoms with Crippen LogP contribution in [-0.4, -0.2) is 16.5 Å². The molecule has 4 nitrogen and oxygen atoms in total. The van der Waals surface area contributed by atoms with Crippen LogP contribution in [0, 0.1) is 6.92 Å². The average molecular weight is 322 g/mol. The van der Waals surface area contributed by atoms with Crippen LogP contribution in [0.3, 0.4) is 0 Å². The minimum atomic E-state index is 0.0978. The van der Waals surface area contributed by atoms with E-state index in [2.05, 4.69) is 28.2 Å². The summed E-state index contributed by atoms with van der Waals surface area (Å²) in [6.07, 6.45) is 0. The van der Waals surface area contributed by atoms with Gasteiger partial charge in [0.25, 0.3) is 11.7 Å². The molecule has 3 aromatic rings. The Morgan fingerprint density at radius 1 is 1.08 bits per heavy atom. The van der Waals surface area contributed by atoms with E-state index in [1.807, 2.05) is 68.3 Å². The molecular formula is C20H24N3O+. The van der Waals surface area contributed by atoms with Crippen molar-refractivity contribution in [1.82, 2.24) is 4.57 Å².